The maximum absolute atomic E-state index is 12.0. The molecule has 0 fully saturated rings. The number of hydrogen-bond acceptors (Lipinski definition) is 5. The number of anilines is 1. The molecule has 6 heteroatoms. The summed E-state index contributed by atoms with van der Waals surface area (Å²) in [6, 6.07) is 6.05. The van der Waals surface area contributed by atoms with Gasteiger partial charge in [0, 0.05) is 24.4 Å². The Kier molecular flexibility index (Phi) is 5.06. The number of aromatic nitrogens is 1. The molecule has 0 spiro atoms. The lowest BCUT2D eigenvalue weighted by Crippen LogP contribution is -2.27. The Hall–Kier alpha value is -2.47. The first-order chi connectivity index (χ1) is 10.5. The van der Waals surface area contributed by atoms with Crippen LogP contribution in [-0.2, 0) is 4.79 Å². The van der Waals surface area contributed by atoms with Crippen molar-refractivity contribution in [1.29, 1.82) is 0 Å². The Labute approximate surface area is 132 Å². The van der Waals surface area contributed by atoms with Crippen molar-refractivity contribution in [3.8, 4) is 5.75 Å². The minimum absolute atomic E-state index is 0.0625. The van der Waals surface area contributed by atoms with Gasteiger partial charge in [0.25, 0.3) is 0 Å². The fourth-order valence-electron chi connectivity index (χ4n) is 1.85. The first-order valence-electron chi connectivity index (χ1n) is 6.76. The van der Waals surface area contributed by atoms with Gasteiger partial charge in [-0.25, -0.2) is 4.98 Å². The second-order valence-electron chi connectivity index (χ2n) is 4.56. The van der Waals surface area contributed by atoms with Crippen LogP contribution in [0.4, 0.5) is 5.13 Å². The summed E-state index contributed by atoms with van der Waals surface area (Å²) < 4.78 is 0. The number of phenols is 1. The molecule has 0 aliphatic heterocycles. The van der Waals surface area contributed by atoms with E-state index in [4.69, 9.17) is 0 Å². The van der Waals surface area contributed by atoms with Crippen LogP contribution in [0, 0.1) is 0 Å². The standard InChI is InChI=1S/C16H16N2O3S/c1-3-18(11(2)19)16-17-13(10-22-16)6-9-15(21)12-4-7-14(20)8-5-12/h4-10,20H,3H2,1-2H3. The molecule has 1 heterocycles. The van der Waals surface area contributed by atoms with E-state index in [1.54, 1.807) is 28.5 Å². The number of aromatic hydroxyl groups is 1. The minimum Gasteiger partial charge on any atom is -0.508 e. The predicted molar refractivity (Wildman–Crippen MR) is 87.3 cm³/mol. The molecule has 0 unspecified atom stereocenters. The van der Waals surface area contributed by atoms with E-state index in [1.165, 1.54) is 36.5 Å². The summed E-state index contributed by atoms with van der Waals surface area (Å²) in [7, 11) is 0. The summed E-state index contributed by atoms with van der Waals surface area (Å²) in [5, 5.41) is 11.6. The summed E-state index contributed by atoms with van der Waals surface area (Å²) in [5.74, 6) is -0.116. The van der Waals surface area contributed by atoms with Crippen LogP contribution in [0.5, 0.6) is 5.75 Å². The summed E-state index contributed by atoms with van der Waals surface area (Å²) in [6.45, 7) is 3.93. The van der Waals surface area contributed by atoms with Crippen molar-refractivity contribution in [3.05, 3.63) is 47.0 Å². The van der Waals surface area contributed by atoms with Crippen LogP contribution in [0.3, 0.4) is 0 Å². The highest BCUT2D eigenvalue weighted by Gasteiger charge is 2.12. The highest BCUT2D eigenvalue weighted by molar-refractivity contribution is 7.14. The molecule has 2 aromatic rings. The molecule has 1 N–H and O–H groups in total. The van der Waals surface area contributed by atoms with E-state index >= 15 is 0 Å². The number of thiazole rings is 1. The van der Waals surface area contributed by atoms with Gasteiger partial charge in [-0.05, 0) is 43.3 Å². The zero-order valence-electron chi connectivity index (χ0n) is 12.3. The van der Waals surface area contributed by atoms with Crippen molar-refractivity contribution in [1.82, 2.24) is 4.98 Å². The van der Waals surface area contributed by atoms with Crippen LogP contribution in [0.1, 0.15) is 29.9 Å². The molecule has 0 aliphatic rings. The SMILES string of the molecule is CCN(C(C)=O)c1nc(C=CC(=O)c2ccc(O)cc2)cs1. The van der Waals surface area contributed by atoms with Crippen molar-refractivity contribution in [2.75, 3.05) is 11.4 Å². The van der Waals surface area contributed by atoms with Gasteiger partial charge in [-0.3, -0.25) is 14.5 Å². The number of ketones is 1. The van der Waals surface area contributed by atoms with E-state index < -0.39 is 0 Å². The number of amides is 1. The number of allylic oxidation sites excluding steroid dienone is 1. The highest BCUT2D eigenvalue weighted by Crippen LogP contribution is 2.21. The van der Waals surface area contributed by atoms with Crippen molar-refractivity contribution in [3.63, 3.8) is 0 Å². The van der Waals surface area contributed by atoms with E-state index in [0.29, 0.717) is 22.9 Å². The highest BCUT2D eigenvalue weighted by atomic mass is 32.1. The zero-order chi connectivity index (χ0) is 16.1. The summed E-state index contributed by atoms with van der Waals surface area (Å²) in [6.07, 6.45) is 3.04. The van der Waals surface area contributed by atoms with E-state index in [-0.39, 0.29) is 17.4 Å². The molecule has 22 heavy (non-hydrogen) atoms. The fourth-order valence-corrected chi connectivity index (χ4v) is 2.75. The van der Waals surface area contributed by atoms with Crippen molar-refractivity contribution in [2.45, 2.75) is 13.8 Å². The topological polar surface area (TPSA) is 70.5 Å². The van der Waals surface area contributed by atoms with Gasteiger partial charge in [-0.1, -0.05) is 0 Å². The minimum atomic E-state index is -0.173. The monoisotopic (exact) mass is 316 g/mol. The third-order valence-corrected chi connectivity index (χ3v) is 3.88. The Bertz CT molecular complexity index is 704. The number of carbonyl (C=O) groups is 2. The van der Waals surface area contributed by atoms with Crippen LogP contribution in [0.2, 0.25) is 0 Å². The average molecular weight is 316 g/mol. The van der Waals surface area contributed by atoms with Crippen molar-refractivity contribution in [2.24, 2.45) is 0 Å². The molecule has 0 radical (unpaired) electrons. The van der Waals surface area contributed by atoms with E-state index in [1.807, 2.05) is 6.92 Å². The fraction of sp³-hybridized carbons (Fsp3) is 0.188. The van der Waals surface area contributed by atoms with Crippen LogP contribution in [-0.4, -0.2) is 28.3 Å². The molecule has 0 aliphatic carbocycles. The maximum Gasteiger partial charge on any atom is 0.225 e. The Balaban J connectivity index is 2.10. The van der Waals surface area contributed by atoms with Gasteiger partial charge >= 0.3 is 0 Å². The molecular weight excluding hydrogens is 300 g/mol. The summed E-state index contributed by atoms with van der Waals surface area (Å²) in [4.78, 5) is 29.3. The normalized spacial score (nSPS) is 10.8. The van der Waals surface area contributed by atoms with Gasteiger partial charge in [-0.2, -0.15) is 0 Å². The van der Waals surface area contributed by atoms with Gasteiger partial charge in [0.2, 0.25) is 5.91 Å². The molecule has 1 aromatic carbocycles. The van der Waals surface area contributed by atoms with Gasteiger partial charge < -0.3 is 5.11 Å². The first-order valence-corrected chi connectivity index (χ1v) is 7.64. The van der Waals surface area contributed by atoms with Crippen LogP contribution in [0.25, 0.3) is 6.08 Å². The molecular formula is C16H16N2O3S. The quantitative estimate of drug-likeness (QED) is 0.679. The second-order valence-corrected chi connectivity index (χ2v) is 5.40. The zero-order valence-corrected chi connectivity index (χ0v) is 13.1. The predicted octanol–water partition coefficient (Wildman–Crippen LogP) is 3.12. The number of carbonyl (C=O) groups excluding carboxylic acids is 2. The summed E-state index contributed by atoms with van der Waals surface area (Å²) >= 11 is 1.36. The van der Waals surface area contributed by atoms with Crippen LogP contribution >= 0.6 is 11.3 Å². The molecule has 0 atom stereocenters. The molecule has 1 amide bonds. The lowest BCUT2D eigenvalue weighted by molar-refractivity contribution is -0.116. The first kappa shape index (κ1) is 15.9. The number of hydrogen-bond donors (Lipinski definition) is 1. The van der Waals surface area contributed by atoms with E-state index in [0.717, 1.165) is 0 Å². The number of benzene rings is 1. The van der Waals surface area contributed by atoms with Gasteiger partial charge in [0.05, 0.1) is 5.69 Å². The number of phenolic OH excluding ortho intramolecular Hbond substituents is 1. The van der Waals surface area contributed by atoms with Crippen LogP contribution in [0.15, 0.2) is 35.7 Å². The van der Waals surface area contributed by atoms with Crippen molar-refractivity contribution >= 4 is 34.2 Å². The molecule has 0 saturated heterocycles. The van der Waals surface area contributed by atoms with Crippen molar-refractivity contribution < 1.29 is 14.7 Å². The van der Waals surface area contributed by atoms with E-state index in [2.05, 4.69) is 4.98 Å². The largest absolute Gasteiger partial charge is 0.508 e. The molecule has 2 rings (SSSR count). The lowest BCUT2D eigenvalue weighted by atomic mass is 10.1. The lowest BCUT2D eigenvalue weighted by Gasteiger charge is -2.14. The molecule has 1 aromatic heterocycles. The number of nitrogens with zero attached hydrogens (tertiary/aromatic N) is 2. The van der Waals surface area contributed by atoms with Gasteiger partial charge in [-0.15, -0.1) is 11.3 Å². The maximum atomic E-state index is 12.0. The Morgan fingerprint density at radius 2 is 2.00 bits per heavy atom. The Morgan fingerprint density at radius 1 is 1.32 bits per heavy atom. The molecule has 0 saturated carbocycles. The van der Waals surface area contributed by atoms with Gasteiger partial charge in [0.15, 0.2) is 10.9 Å². The van der Waals surface area contributed by atoms with Gasteiger partial charge in [0.1, 0.15) is 5.75 Å². The molecule has 0 bridgehead atoms. The smallest absolute Gasteiger partial charge is 0.225 e. The third-order valence-electron chi connectivity index (χ3n) is 2.99. The third kappa shape index (κ3) is 3.79. The second kappa shape index (κ2) is 7.00. The Morgan fingerprint density at radius 3 is 2.59 bits per heavy atom. The summed E-state index contributed by atoms with van der Waals surface area (Å²) in [5.41, 5.74) is 1.12. The molecule has 5 nitrogen and oxygen atoms in total. The average Bonchev–Trinajstić information content (AvgIpc) is 2.94. The number of rotatable bonds is 5. The van der Waals surface area contributed by atoms with E-state index in [9.17, 15) is 14.7 Å². The molecule has 114 valence electrons. The van der Waals surface area contributed by atoms with Crippen LogP contribution < -0.4 is 4.90 Å².